The normalized spacial score (nSPS) is 10.7. The standard InChI is InChI=1S/C23H18FN5O2/c24-15-8-6-13(7-9-15)11-18(26)31-23(27)21-22(30)20-17(5-2-10-28-20)19(29-21)14-3-1-4-16(25)12-14/h1-10,12,26-27,30H,11,25H2. The maximum Gasteiger partial charge on any atom is 0.243 e. The average molecular weight is 415 g/mol. The van der Waals surface area contributed by atoms with Gasteiger partial charge in [-0.05, 0) is 42.0 Å². The Morgan fingerprint density at radius 3 is 2.58 bits per heavy atom. The molecule has 4 aromatic rings. The first-order chi connectivity index (χ1) is 14.9. The van der Waals surface area contributed by atoms with Gasteiger partial charge in [-0.3, -0.25) is 15.8 Å². The van der Waals surface area contributed by atoms with Gasteiger partial charge in [0.05, 0.1) is 5.69 Å². The van der Waals surface area contributed by atoms with E-state index < -0.39 is 5.90 Å². The van der Waals surface area contributed by atoms with Gasteiger partial charge in [0.25, 0.3) is 0 Å². The van der Waals surface area contributed by atoms with Gasteiger partial charge in [-0.2, -0.15) is 0 Å². The van der Waals surface area contributed by atoms with Crippen LogP contribution in [-0.4, -0.2) is 26.9 Å². The van der Waals surface area contributed by atoms with Gasteiger partial charge in [0.1, 0.15) is 11.3 Å². The van der Waals surface area contributed by atoms with Crippen molar-refractivity contribution in [2.45, 2.75) is 6.42 Å². The number of nitrogen functional groups attached to an aromatic ring is 1. The monoisotopic (exact) mass is 415 g/mol. The van der Waals surface area contributed by atoms with Crippen molar-refractivity contribution in [1.82, 2.24) is 9.97 Å². The van der Waals surface area contributed by atoms with Crippen LogP contribution in [0, 0.1) is 16.6 Å². The highest BCUT2D eigenvalue weighted by Gasteiger charge is 2.21. The molecule has 154 valence electrons. The van der Waals surface area contributed by atoms with Crippen LogP contribution in [0.2, 0.25) is 0 Å². The van der Waals surface area contributed by atoms with E-state index in [0.717, 1.165) is 0 Å². The number of ether oxygens (including phenoxy) is 1. The van der Waals surface area contributed by atoms with Crippen molar-refractivity contribution >= 4 is 28.4 Å². The first kappa shape index (κ1) is 20.0. The van der Waals surface area contributed by atoms with Crippen LogP contribution in [0.3, 0.4) is 0 Å². The number of halogens is 1. The van der Waals surface area contributed by atoms with Gasteiger partial charge in [0.15, 0.2) is 17.3 Å². The Bertz CT molecular complexity index is 1310. The van der Waals surface area contributed by atoms with Crippen molar-refractivity contribution in [1.29, 1.82) is 10.8 Å². The molecule has 0 unspecified atom stereocenters. The summed E-state index contributed by atoms with van der Waals surface area (Å²) in [6.07, 6.45) is 1.58. The topological polar surface area (TPSA) is 129 Å². The van der Waals surface area contributed by atoms with Crippen LogP contribution < -0.4 is 5.73 Å². The minimum atomic E-state index is -0.498. The third kappa shape index (κ3) is 4.18. The van der Waals surface area contributed by atoms with Crippen LogP contribution in [0.5, 0.6) is 5.75 Å². The number of anilines is 1. The number of rotatable bonds is 4. The molecule has 2 heterocycles. The van der Waals surface area contributed by atoms with E-state index in [0.29, 0.717) is 27.9 Å². The zero-order valence-electron chi connectivity index (χ0n) is 16.3. The van der Waals surface area contributed by atoms with Gasteiger partial charge in [0.2, 0.25) is 5.90 Å². The lowest BCUT2D eigenvalue weighted by Crippen LogP contribution is -2.16. The number of hydrogen-bond acceptors (Lipinski definition) is 7. The zero-order chi connectivity index (χ0) is 22.0. The van der Waals surface area contributed by atoms with E-state index in [9.17, 15) is 9.50 Å². The predicted molar refractivity (Wildman–Crippen MR) is 117 cm³/mol. The number of aromatic hydroxyl groups is 1. The quantitative estimate of drug-likeness (QED) is 0.225. The van der Waals surface area contributed by atoms with Crippen LogP contribution in [0.15, 0.2) is 66.9 Å². The van der Waals surface area contributed by atoms with Crippen molar-refractivity contribution in [2.24, 2.45) is 0 Å². The molecule has 0 saturated carbocycles. The predicted octanol–water partition coefficient (Wildman–Crippen LogP) is 4.29. The lowest BCUT2D eigenvalue weighted by Gasteiger charge is -2.13. The Balaban J connectivity index is 1.69. The molecule has 7 nitrogen and oxygen atoms in total. The molecule has 8 heteroatoms. The maximum absolute atomic E-state index is 13.1. The average Bonchev–Trinajstić information content (AvgIpc) is 2.75. The Labute approximate surface area is 177 Å². The maximum atomic E-state index is 13.1. The summed E-state index contributed by atoms with van der Waals surface area (Å²) in [5.41, 5.74) is 8.36. The van der Waals surface area contributed by atoms with Crippen LogP contribution in [0.1, 0.15) is 11.3 Å². The highest BCUT2D eigenvalue weighted by molar-refractivity contribution is 6.06. The largest absolute Gasteiger partial charge is 0.504 e. The number of aromatic nitrogens is 2. The molecule has 5 N–H and O–H groups in total. The van der Waals surface area contributed by atoms with E-state index in [1.807, 2.05) is 6.07 Å². The smallest absolute Gasteiger partial charge is 0.243 e. The molecule has 2 aromatic carbocycles. The molecule has 0 amide bonds. The van der Waals surface area contributed by atoms with Crippen LogP contribution in [-0.2, 0) is 11.2 Å². The number of nitrogens with two attached hydrogens (primary N) is 1. The third-order valence-electron chi connectivity index (χ3n) is 4.61. The summed E-state index contributed by atoms with van der Waals surface area (Å²) in [6.45, 7) is 0. The second kappa shape index (κ2) is 8.19. The fourth-order valence-electron chi connectivity index (χ4n) is 3.18. The molecule has 0 saturated heterocycles. The molecule has 0 aliphatic carbocycles. The van der Waals surface area contributed by atoms with E-state index in [1.54, 1.807) is 30.3 Å². The van der Waals surface area contributed by atoms with E-state index in [-0.39, 0.29) is 35.1 Å². The molecular weight excluding hydrogens is 397 g/mol. The summed E-state index contributed by atoms with van der Waals surface area (Å²) in [6, 6.07) is 16.2. The summed E-state index contributed by atoms with van der Waals surface area (Å²) < 4.78 is 18.4. The molecule has 0 aliphatic heterocycles. The number of hydrogen-bond donors (Lipinski definition) is 4. The Morgan fingerprint density at radius 1 is 1.06 bits per heavy atom. The van der Waals surface area contributed by atoms with Crippen LogP contribution in [0.4, 0.5) is 10.1 Å². The number of fused-ring (bicyclic) bond motifs is 1. The lowest BCUT2D eigenvalue weighted by atomic mass is 10.0. The van der Waals surface area contributed by atoms with Gasteiger partial charge >= 0.3 is 0 Å². The number of pyridine rings is 2. The molecule has 0 radical (unpaired) electrons. The molecule has 0 bridgehead atoms. The van der Waals surface area contributed by atoms with E-state index in [2.05, 4.69) is 9.97 Å². The second-order valence-electron chi connectivity index (χ2n) is 6.84. The SMILES string of the molecule is N=C(Cc1ccc(F)cc1)OC(=N)c1nc(-c2cccc(N)c2)c2cccnc2c1O. The molecule has 4 rings (SSSR count). The molecular formula is C23H18FN5O2. The van der Waals surface area contributed by atoms with E-state index in [4.69, 9.17) is 21.3 Å². The van der Waals surface area contributed by atoms with Crippen molar-refractivity contribution in [2.75, 3.05) is 5.73 Å². The van der Waals surface area contributed by atoms with Gasteiger partial charge in [-0.15, -0.1) is 0 Å². The van der Waals surface area contributed by atoms with Gasteiger partial charge in [-0.25, -0.2) is 9.37 Å². The van der Waals surface area contributed by atoms with Crippen molar-refractivity contribution in [3.63, 3.8) is 0 Å². The molecule has 0 spiro atoms. The Morgan fingerprint density at radius 2 is 1.84 bits per heavy atom. The highest BCUT2D eigenvalue weighted by atomic mass is 19.1. The molecule has 31 heavy (non-hydrogen) atoms. The minimum Gasteiger partial charge on any atom is -0.504 e. The summed E-state index contributed by atoms with van der Waals surface area (Å²) >= 11 is 0. The van der Waals surface area contributed by atoms with Gasteiger partial charge in [0, 0.05) is 29.3 Å². The summed E-state index contributed by atoms with van der Waals surface area (Å²) in [7, 11) is 0. The second-order valence-corrected chi connectivity index (χ2v) is 6.84. The van der Waals surface area contributed by atoms with Crippen molar-refractivity contribution in [3.05, 3.63) is 83.9 Å². The zero-order valence-corrected chi connectivity index (χ0v) is 16.3. The van der Waals surface area contributed by atoms with E-state index in [1.165, 1.54) is 30.5 Å². The first-order valence-electron chi connectivity index (χ1n) is 9.34. The third-order valence-corrected chi connectivity index (χ3v) is 4.61. The highest BCUT2D eigenvalue weighted by Crippen LogP contribution is 2.34. The number of nitrogens with one attached hydrogen (secondary N) is 2. The van der Waals surface area contributed by atoms with Crippen molar-refractivity contribution < 1.29 is 14.2 Å². The number of benzene rings is 2. The molecule has 0 atom stereocenters. The molecule has 0 aliphatic rings. The van der Waals surface area contributed by atoms with Crippen molar-refractivity contribution in [3.8, 4) is 17.0 Å². The number of nitrogens with zero attached hydrogens (tertiary/aromatic N) is 2. The lowest BCUT2D eigenvalue weighted by molar-refractivity contribution is 0.467. The molecule has 2 aromatic heterocycles. The van der Waals surface area contributed by atoms with Gasteiger partial charge in [-0.1, -0.05) is 24.3 Å². The van der Waals surface area contributed by atoms with Crippen LogP contribution in [0.25, 0.3) is 22.2 Å². The first-order valence-corrected chi connectivity index (χ1v) is 9.34. The Kier molecular flexibility index (Phi) is 5.28. The van der Waals surface area contributed by atoms with E-state index >= 15 is 0 Å². The van der Waals surface area contributed by atoms with Gasteiger partial charge < -0.3 is 15.6 Å². The van der Waals surface area contributed by atoms with Crippen LogP contribution >= 0.6 is 0 Å². The summed E-state index contributed by atoms with van der Waals surface area (Å²) in [5, 5.41) is 27.6. The minimum absolute atomic E-state index is 0.0529. The summed E-state index contributed by atoms with van der Waals surface area (Å²) in [5.74, 6) is -1.44. The Hall–Kier alpha value is -4.33. The fraction of sp³-hybridized carbons (Fsp3) is 0.0435. The molecule has 0 fully saturated rings. The fourth-order valence-corrected chi connectivity index (χ4v) is 3.18. The summed E-state index contributed by atoms with van der Waals surface area (Å²) in [4.78, 5) is 8.67.